The molecule has 4 aliphatic heterocycles. The number of nitrogens with two attached hydrogens (primary N) is 2. The minimum absolute atomic E-state index is 0. The van der Waals surface area contributed by atoms with Crippen LogP contribution in [0.1, 0.15) is 141 Å². The van der Waals surface area contributed by atoms with Gasteiger partial charge >= 0.3 is 18.2 Å². The summed E-state index contributed by atoms with van der Waals surface area (Å²) < 4.78 is 94.7. The van der Waals surface area contributed by atoms with Crippen LogP contribution in [0.2, 0.25) is 0 Å². The molecule has 0 bridgehead atoms. The molecule has 2 aromatic carbocycles. The van der Waals surface area contributed by atoms with Crippen molar-refractivity contribution in [3.63, 3.8) is 0 Å². The molecule has 4 saturated heterocycles. The Labute approximate surface area is 908 Å². The number of nitrogen functional groups attached to an aromatic ring is 1. The Morgan fingerprint density at radius 3 is 1.19 bits per heavy atom. The quantitative estimate of drug-likeness (QED) is 0.0225. The van der Waals surface area contributed by atoms with E-state index in [0.717, 1.165) is 60.3 Å². The lowest BCUT2D eigenvalue weighted by Gasteiger charge is -2.27. The Bertz CT molecular complexity index is 6390. The van der Waals surface area contributed by atoms with Crippen molar-refractivity contribution in [1.29, 1.82) is 0 Å². The summed E-state index contributed by atoms with van der Waals surface area (Å²) in [5.41, 5.74) is 13.9. The monoisotopic (exact) mass is 2310 g/mol. The molecule has 9 N–H and O–H groups in total. The Kier molecular flexibility index (Phi) is 57.8. The van der Waals surface area contributed by atoms with Gasteiger partial charge in [0, 0.05) is 286 Å². The number of amides is 7. The Balaban J connectivity index is 0.000000593. The maximum absolute atomic E-state index is 14.4. The van der Waals surface area contributed by atoms with Crippen LogP contribution in [-0.4, -0.2) is 268 Å². The summed E-state index contributed by atoms with van der Waals surface area (Å²) in [6.07, 6.45) is 14.2. The van der Waals surface area contributed by atoms with E-state index in [2.05, 4.69) is 155 Å². The number of carbonyl (C=O) groups excluding carboxylic acids is 9. The number of aliphatic carboxylic acids is 1. The van der Waals surface area contributed by atoms with Gasteiger partial charge in [-0.25, -0.2) is 60.5 Å². The number of carboxylic acid groups (broad SMARTS) is 1. The fourth-order valence-electron chi connectivity index (χ4n) is 13.6. The number of anilines is 4. The van der Waals surface area contributed by atoms with Crippen molar-refractivity contribution >= 4 is 256 Å². The number of likely N-dealkylation sites (tertiary alicyclic amines) is 3. The Hall–Kier alpha value is -11.1. The third-order valence-electron chi connectivity index (χ3n) is 19.9. The number of hydrogen-bond acceptors (Lipinski definition) is 33. The van der Waals surface area contributed by atoms with Crippen molar-refractivity contribution in [3.8, 4) is 22.3 Å². The van der Waals surface area contributed by atoms with E-state index in [1.165, 1.54) is 45.9 Å². The maximum atomic E-state index is 14.4. The summed E-state index contributed by atoms with van der Waals surface area (Å²) in [5.74, 6) is -0.704. The molecule has 0 spiro atoms. The van der Waals surface area contributed by atoms with E-state index in [0.29, 0.717) is 69.8 Å². The largest absolute Gasteiger partial charge is 0.480 e. The molecular formula is C87H118Cl3F4N27O15S11. The number of aryl methyl sites for hydroxylation is 7. The van der Waals surface area contributed by atoms with Gasteiger partial charge in [-0.3, -0.25) is 76.2 Å². The third kappa shape index (κ3) is 45.1. The molecule has 147 heavy (non-hydrogen) atoms. The molecule has 4 fully saturated rings. The summed E-state index contributed by atoms with van der Waals surface area (Å²) in [6, 6.07) is 14.4. The first-order valence-corrected chi connectivity index (χ1v) is 54.5. The van der Waals surface area contributed by atoms with Gasteiger partial charge in [0.1, 0.15) is 96.0 Å². The van der Waals surface area contributed by atoms with Crippen molar-refractivity contribution in [1.82, 2.24) is 108 Å². The van der Waals surface area contributed by atoms with Crippen molar-refractivity contribution in [3.05, 3.63) is 152 Å². The standard InChI is InChI=1S/C26H27FN8O3.C16H14N4O3.C15H23FN4O3.C10H15FN4O.C10H17FN2O3.C5H9N3.C4H6N2.CH3ClO2S.2ClH.S4.S3.S2.H2S/c1-4-33-8-7-23(31-33)30-26(38)22-10-19(27)13-34(22)24(37)14-35-21-6-5-17(18-11-28-16(3)29-12-18)9-20(21)25(32-35)15(2)36;1-9(21)16-13-5-11(12-6-17-10(2)18-7-12)3-4-14(13)20(19-16)8-15(22)23;1-5-19-7-6-12(18-19)17-13(21)11-8-10(16)9-20(11)14(22)23-15(2,3)4;1-2-15-4-3-9(14-15)13-10(16)8-5-7(11)6-12-8;1-10(2,3)16-9(15)13-5-6(11)4-7(13)8(12)14;1-2-8-4-3-5(6)7-8;1-6-3-2-5-4-6;1-5(2,3)4;;;1-3-4-2;1-3-2;1-2;/h5-9,11-12,19,22H,4,10,13-14H2,1-3H3,(H,30,31,38);3-7H,8H2,1-2H3,(H,22,23);6-7,10-11H,5,8-9H2,1-4H3,(H,17,18,21);3-4,7-8,12H,2,5-6H2,1H3,(H,13,14,16);6-7H,4-5H2,1-3H3,(H2,12,14);3-4H,2H2,1H3,(H2,6,7);2-4H,1H3;1H3;2*1H;;;;1H2/t19-,22+;;10-,11+;7-,8+;6-,7+;;;;;;;;;/m1.111........./s1. The molecule has 0 saturated carbocycles. The van der Waals surface area contributed by atoms with E-state index >= 15 is 0 Å². The summed E-state index contributed by atoms with van der Waals surface area (Å²) in [7, 11) is 6.50. The van der Waals surface area contributed by atoms with Crippen LogP contribution in [0.5, 0.6) is 0 Å². The van der Waals surface area contributed by atoms with Gasteiger partial charge in [-0.05, 0) is 125 Å². The second-order valence-corrected chi connectivity index (χ2v) is 41.8. The topological polar surface area (TPSA) is 530 Å². The number of carbonyl (C=O) groups is 10. The van der Waals surface area contributed by atoms with Crippen LogP contribution < -0.4 is 32.7 Å². The van der Waals surface area contributed by atoms with Gasteiger partial charge in [0.15, 0.2) is 29.0 Å². The highest BCUT2D eigenvalue weighted by Gasteiger charge is 2.44. The number of Topliss-reactive ketones (excluding diaryl/α,β-unsaturated/α-hetero) is 2. The van der Waals surface area contributed by atoms with Crippen molar-refractivity contribution in [2.75, 3.05) is 54.1 Å². The third-order valence-corrected chi connectivity index (χ3v) is 22.1. The van der Waals surface area contributed by atoms with Gasteiger partial charge in [-0.2, -0.15) is 44.1 Å². The Morgan fingerprint density at radius 1 is 0.537 bits per heavy atom. The smallest absolute Gasteiger partial charge is 0.411 e. The van der Waals surface area contributed by atoms with E-state index in [-0.39, 0.29) is 132 Å². The minimum Gasteiger partial charge on any atom is -0.480 e. The van der Waals surface area contributed by atoms with Crippen molar-refractivity contribution in [2.45, 2.75) is 222 Å². The van der Waals surface area contributed by atoms with Crippen LogP contribution >= 0.6 is 49.0 Å². The molecule has 8 atom stereocenters. The number of aromatic nitrogens is 18. The Morgan fingerprint density at radius 2 is 0.891 bits per heavy atom. The molecule has 0 radical (unpaired) electrons. The summed E-state index contributed by atoms with van der Waals surface area (Å²) >= 11 is 24.2. The molecule has 42 nitrogen and oxygen atoms in total. The molecular weight excluding hydrogens is 2200 g/mol. The number of rotatable bonds is 19. The lowest BCUT2D eigenvalue weighted by Crippen LogP contribution is -2.45. The molecule has 0 aliphatic carbocycles. The molecule has 15 rings (SSSR count). The van der Waals surface area contributed by atoms with Crippen LogP contribution in [0.25, 0.3) is 44.1 Å². The fraction of sp³-hybridized carbons (Fsp3) is 0.460. The van der Waals surface area contributed by atoms with Crippen molar-refractivity contribution in [2.24, 2.45) is 12.8 Å². The van der Waals surface area contributed by atoms with Crippen LogP contribution in [-0.2, 0) is 187 Å². The van der Waals surface area contributed by atoms with Crippen LogP contribution in [0.15, 0.2) is 129 Å². The van der Waals surface area contributed by atoms with Gasteiger partial charge in [0.2, 0.25) is 38.6 Å². The average molecular weight is 2320 g/mol. The highest BCUT2D eigenvalue weighted by molar-refractivity contribution is 8.51. The SMILES string of the molecule is CC(=O)c1nn(CC(=O)O)c2ccc(-c3cnc(C)nc3)cc12.CC(C)(C)OC(=O)N1C[C@H](F)C[C@H]1C(N)=O.CCn1ccc(N)n1.CCn1ccc(NC(=O)[C@@H]2C[C@@H](F)CN2)n1.CCn1ccc(NC(=O)[C@@H]2C[C@@H](F)CN2C(=O)Cn2nc(C(C)=O)c3cc(-c4cnc(C)nc4)ccc32)n1.CCn1ccc(NC(=O)[C@@H]2C[C@@H](F)CN2C(=O)OC(C)(C)C)n1.CS(=O)(=O)Cl.Cl.Cl.Cn1ccnc1.S.S=S.S=S=S.S=S=S=S. The van der Waals surface area contributed by atoms with Gasteiger partial charge in [-0.15, -0.1) is 24.8 Å². The van der Waals surface area contributed by atoms with Gasteiger partial charge in [0.05, 0.1) is 49.3 Å². The second kappa shape index (κ2) is 64.3. The molecule has 0 unspecified atom stereocenters. The molecule has 13 heterocycles. The minimum atomic E-state index is -3.19. The van der Waals surface area contributed by atoms with E-state index in [1.807, 2.05) is 76.0 Å². The number of fused-ring (bicyclic) bond motifs is 2. The van der Waals surface area contributed by atoms with Crippen LogP contribution in [0.4, 0.5) is 50.4 Å². The van der Waals surface area contributed by atoms with Gasteiger partial charge < -0.3 is 56.8 Å². The number of ether oxygens (including phenoxy) is 2. The summed E-state index contributed by atoms with van der Waals surface area (Å²) in [4.78, 5) is 144. The first-order valence-electron chi connectivity index (χ1n) is 43.8. The number of ketones is 2. The predicted octanol–water partition coefficient (Wildman–Crippen LogP) is 10.5. The molecule has 11 aromatic rings. The van der Waals surface area contributed by atoms with Gasteiger partial charge in [0.25, 0.3) is 0 Å². The molecule has 4 aliphatic rings. The number of imidazole rings is 1. The van der Waals surface area contributed by atoms with E-state index < -0.39 is 111 Å². The van der Waals surface area contributed by atoms with E-state index in [4.69, 9.17) is 26.0 Å². The molecule has 60 heteroatoms. The number of hydrogen-bond donors (Lipinski definition) is 7. The number of alkyl halides is 4. The van der Waals surface area contributed by atoms with Crippen molar-refractivity contribution < 1.29 is 88.5 Å². The first-order chi connectivity index (χ1) is 67.8. The van der Waals surface area contributed by atoms with E-state index in [9.17, 15) is 73.9 Å². The molecule has 9 aromatic heterocycles. The molecule has 7 amide bonds. The highest BCUT2D eigenvalue weighted by atomic mass is 35.7. The number of primary amides is 1. The fourth-order valence-corrected chi connectivity index (χ4v) is 13.6. The van der Waals surface area contributed by atoms with E-state index in [1.54, 1.807) is 166 Å². The zero-order valence-electron chi connectivity index (χ0n) is 82.6. The number of benzene rings is 2. The average Bonchev–Trinajstić information content (AvgIpc) is 1.62. The van der Waals surface area contributed by atoms with Gasteiger partial charge in [-0.1, -0.05) is 12.1 Å². The normalized spacial score (nSPS) is 16.5. The lowest BCUT2D eigenvalue weighted by molar-refractivity contribution is -0.138. The second-order valence-electron chi connectivity index (χ2n) is 33.4. The highest BCUT2D eigenvalue weighted by Crippen LogP contribution is 2.32. The molecule has 806 valence electrons. The summed E-state index contributed by atoms with van der Waals surface area (Å²) in [6.45, 7) is 26.7. The maximum Gasteiger partial charge on any atom is 0.411 e. The first kappa shape index (κ1) is 132. The number of nitrogens with one attached hydrogen (secondary N) is 4. The van der Waals surface area contributed by atoms with Crippen LogP contribution in [0.3, 0.4) is 0 Å². The zero-order valence-corrected chi connectivity index (χ0v) is 94.2. The van der Waals surface area contributed by atoms with Crippen LogP contribution in [0, 0.1) is 13.8 Å². The lowest BCUT2D eigenvalue weighted by atomic mass is 10.0. The zero-order chi connectivity index (χ0) is 108. The summed E-state index contributed by atoms with van der Waals surface area (Å²) in [5, 5.41) is 45.9. The number of carboxylic acids is 1. The number of halogens is 7. The predicted molar refractivity (Wildman–Crippen MR) is 584 cm³/mol. The number of nitrogens with zero attached hydrogens (tertiary/aromatic N) is 21.